The minimum Gasteiger partial charge on any atom is -0.396 e. The second kappa shape index (κ2) is 7.38. The van der Waals surface area contributed by atoms with Crippen molar-refractivity contribution >= 4 is 11.6 Å². The van der Waals surface area contributed by atoms with E-state index in [1.54, 1.807) is 17.0 Å². The van der Waals surface area contributed by atoms with Gasteiger partial charge in [-0.05, 0) is 55.3 Å². The number of rotatable bonds is 3. The number of anilines is 1. The van der Waals surface area contributed by atoms with Gasteiger partial charge in [0.2, 0.25) is 11.7 Å². The zero-order chi connectivity index (χ0) is 19.7. The van der Waals surface area contributed by atoms with Gasteiger partial charge in [0, 0.05) is 24.2 Å². The van der Waals surface area contributed by atoms with Crippen LogP contribution in [0.4, 0.5) is 14.5 Å². The maximum absolute atomic E-state index is 13.4. The first kappa shape index (κ1) is 18.1. The van der Waals surface area contributed by atoms with E-state index in [1.807, 2.05) is 0 Å². The number of benzene rings is 2. The number of carbonyl (C=O) groups excluding carboxylic acids is 1. The molecular formula is C20H18F2N4O2. The first-order valence-electron chi connectivity index (χ1n) is 8.95. The maximum Gasteiger partial charge on any atom is 0.253 e. The third-order valence-electron chi connectivity index (χ3n) is 4.84. The summed E-state index contributed by atoms with van der Waals surface area (Å²) in [4.78, 5) is 18.8. The maximum atomic E-state index is 13.4. The fourth-order valence-corrected chi connectivity index (χ4v) is 3.34. The molecule has 1 fully saturated rings. The van der Waals surface area contributed by atoms with E-state index in [1.165, 1.54) is 30.3 Å². The number of piperidine rings is 1. The van der Waals surface area contributed by atoms with Gasteiger partial charge >= 0.3 is 0 Å². The highest BCUT2D eigenvalue weighted by molar-refractivity contribution is 5.95. The molecule has 0 spiro atoms. The number of carbonyl (C=O) groups is 1. The minimum absolute atomic E-state index is 0.0553. The first-order valence-corrected chi connectivity index (χ1v) is 8.95. The summed E-state index contributed by atoms with van der Waals surface area (Å²) in [6.07, 6.45) is 1.59. The number of nitrogens with zero attached hydrogens (tertiary/aromatic N) is 3. The first-order chi connectivity index (χ1) is 13.5. The lowest BCUT2D eigenvalue weighted by Crippen LogP contribution is -2.39. The quantitative estimate of drug-likeness (QED) is 0.697. The van der Waals surface area contributed by atoms with Gasteiger partial charge < -0.3 is 15.2 Å². The molecule has 1 amide bonds. The van der Waals surface area contributed by atoms with Crippen molar-refractivity contribution in [3.63, 3.8) is 0 Å². The van der Waals surface area contributed by atoms with E-state index < -0.39 is 5.82 Å². The van der Waals surface area contributed by atoms with Crippen LogP contribution in [0.25, 0.3) is 11.4 Å². The number of hydrogen-bond acceptors (Lipinski definition) is 5. The van der Waals surface area contributed by atoms with Gasteiger partial charge in [0.1, 0.15) is 11.6 Å². The summed E-state index contributed by atoms with van der Waals surface area (Å²) < 4.78 is 31.8. The van der Waals surface area contributed by atoms with Crippen LogP contribution >= 0.6 is 0 Å². The van der Waals surface area contributed by atoms with Crippen molar-refractivity contribution in [2.45, 2.75) is 18.8 Å². The molecule has 0 saturated carbocycles. The third kappa shape index (κ3) is 3.58. The second-order valence-electron chi connectivity index (χ2n) is 6.79. The highest BCUT2D eigenvalue weighted by Crippen LogP contribution is 2.28. The van der Waals surface area contributed by atoms with Crippen molar-refractivity contribution < 1.29 is 18.1 Å². The van der Waals surface area contributed by atoms with Crippen LogP contribution in [0.3, 0.4) is 0 Å². The summed E-state index contributed by atoms with van der Waals surface area (Å²) in [5.41, 5.74) is 6.51. The molecule has 1 aliphatic heterocycles. The number of hydrogen-bond donors (Lipinski definition) is 1. The van der Waals surface area contributed by atoms with Gasteiger partial charge in [-0.15, -0.1) is 0 Å². The standard InChI is InChI=1S/C20H18F2N4O2/c21-15-6-3-12(4-7-15)18-24-19(28-25-18)14-2-1-9-26(11-14)20(27)13-5-8-16(22)17(23)10-13/h3-8,10,14H,1-2,9,11,23H2/t14-/m0/s1. The van der Waals surface area contributed by atoms with Gasteiger partial charge in [0.15, 0.2) is 0 Å². The van der Waals surface area contributed by atoms with E-state index in [4.69, 9.17) is 10.3 Å². The van der Waals surface area contributed by atoms with Crippen molar-refractivity contribution in [2.24, 2.45) is 0 Å². The lowest BCUT2D eigenvalue weighted by atomic mass is 9.97. The van der Waals surface area contributed by atoms with Crippen LogP contribution in [0.2, 0.25) is 0 Å². The Morgan fingerprint density at radius 1 is 1.18 bits per heavy atom. The van der Waals surface area contributed by atoms with Crippen LogP contribution < -0.4 is 5.73 Å². The Kier molecular flexibility index (Phi) is 4.77. The fourth-order valence-electron chi connectivity index (χ4n) is 3.34. The van der Waals surface area contributed by atoms with Crippen molar-refractivity contribution in [1.82, 2.24) is 15.0 Å². The zero-order valence-electron chi connectivity index (χ0n) is 14.9. The Bertz CT molecular complexity index is 1000. The van der Waals surface area contributed by atoms with E-state index in [0.29, 0.717) is 35.9 Å². The number of amides is 1. The summed E-state index contributed by atoms with van der Waals surface area (Å²) in [6, 6.07) is 9.80. The molecule has 2 heterocycles. The minimum atomic E-state index is -0.549. The van der Waals surface area contributed by atoms with E-state index in [2.05, 4.69) is 10.1 Å². The SMILES string of the molecule is Nc1cc(C(=O)N2CCC[C@H](c3nc(-c4ccc(F)cc4)no3)C2)ccc1F. The highest BCUT2D eigenvalue weighted by atomic mass is 19.1. The smallest absolute Gasteiger partial charge is 0.253 e. The average Bonchev–Trinajstić information content (AvgIpc) is 3.20. The summed E-state index contributed by atoms with van der Waals surface area (Å²) >= 11 is 0. The Hall–Kier alpha value is -3.29. The number of likely N-dealkylation sites (tertiary alicyclic amines) is 1. The molecule has 2 aromatic carbocycles. The molecule has 1 saturated heterocycles. The largest absolute Gasteiger partial charge is 0.396 e. The Labute approximate surface area is 160 Å². The predicted molar refractivity (Wildman–Crippen MR) is 98.4 cm³/mol. The molecule has 0 aliphatic carbocycles. The molecule has 0 bridgehead atoms. The normalized spacial score (nSPS) is 16.9. The number of nitrogens with two attached hydrogens (primary N) is 1. The van der Waals surface area contributed by atoms with Crippen molar-refractivity contribution in [3.05, 3.63) is 65.6 Å². The van der Waals surface area contributed by atoms with Gasteiger partial charge in [-0.1, -0.05) is 5.16 Å². The van der Waals surface area contributed by atoms with Crippen LogP contribution in [-0.4, -0.2) is 34.0 Å². The van der Waals surface area contributed by atoms with Crippen LogP contribution in [0.15, 0.2) is 47.0 Å². The predicted octanol–water partition coefficient (Wildman–Crippen LogP) is 3.62. The molecule has 0 radical (unpaired) electrons. The van der Waals surface area contributed by atoms with Crippen LogP contribution in [-0.2, 0) is 0 Å². The van der Waals surface area contributed by atoms with Gasteiger partial charge in [-0.25, -0.2) is 8.78 Å². The number of aromatic nitrogens is 2. The van der Waals surface area contributed by atoms with E-state index >= 15 is 0 Å². The lowest BCUT2D eigenvalue weighted by molar-refractivity contribution is 0.0695. The fraction of sp³-hybridized carbons (Fsp3) is 0.250. The molecule has 1 aliphatic rings. The summed E-state index contributed by atoms with van der Waals surface area (Å²) in [5, 5.41) is 3.97. The summed E-state index contributed by atoms with van der Waals surface area (Å²) in [5.74, 6) is -0.380. The van der Waals surface area contributed by atoms with Crippen LogP contribution in [0.1, 0.15) is 35.0 Å². The molecule has 8 heteroatoms. The molecule has 1 atom stereocenters. The molecule has 4 rings (SSSR count). The van der Waals surface area contributed by atoms with E-state index in [-0.39, 0.29) is 23.3 Å². The second-order valence-corrected chi connectivity index (χ2v) is 6.79. The van der Waals surface area contributed by atoms with E-state index in [9.17, 15) is 13.6 Å². The monoisotopic (exact) mass is 384 g/mol. The zero-order valence-corrected chi connectivity index (χ0v) is 14.9. The lowest BCUT2D eigenvalue weighted by Gasteiger charge is -2.31. The van der Waals surface area contributed by atoms with Gasteiger partial charge in [-0.3, -0.25) is 4.79 Å². The Morgan fingerprint density at radius 3 is 2.71 bits per heavy atom. The van der Waals surface area contributed by atoms with Gasteiger partial charge in [0.25, 0.3) is 5.91 Å². The molecule has 1 aromatic heterocycles. The summed E-state index contributed by atoms with van der Waals surface area (Å²) in [7, 11) is 0. The number of nitrogen functional groups attached to an aromatic ring is 1. The number of halogens is 2. The summed E-state index contributed by atoms with van der Waals surface area (Å²) in [6.45, 7) is 1.01. The molecule has 2 N–H and O–H groups in total. The highest BCUT2D eigenvalue weighted by Gasteiger charge is 2.29. The Balaban J connectivity index is 1.50. The average molecular weight is 384 g/mol. The van der Waals surface area contributed by atoms with Crippen molar-refractivity contribution in [3.8, 4) is 11.4 Å². The van der Waals surface area contributed by atoms with Crippen molar-refractivity contribution in [1.29, 1.82) is 0 Å². The van der Waals surface area contributed by atoms with E-state index in [0.717, 1.165) is 12.8 Å². The Morgan fingerprint density at radius 2 is 1.96 bits per heavy atom. The van der Waals surface area contributed by atoms with Crippen LogP contribution in [0.5, 0.6) is 0 Å². The molecular weight excluding hydrogens is 366 g/mol. The van der Waals surface area contributed by atoms with Crippen LogP contribution in [0, 0.1) is 11.6 Å². The van der Waals surface area contributed by atoms with Gasteiger partial charge in [-0.2, -0.15) is 4.98 Å². The molecule has 28 heavy (non-hydrogen) atoms. The third-order valence-corrected chi connectivity index (χ3v) is 4.84. The molecule has 6 nitrogen and oxygen atoms in total. The topological polar surface area (TPSA) is 85.3 Å². The molecule has 3 aromatic rings. The molecule has 0 unspecified atom stereocenters. The van der Waals surface area contributed by atoms with Gasteiger partial charge in [0.05, 0.1) is 11.6 Å². The molecule has 144 valence electrons. The van der Waals surface area contributed by atoms with Crippen molar-refractivity contribution in [2.75, 3.05) is 18.8 Å².